The van der Waals surface area contributed by atoms with Crippen LogP contribution in [-0.2, 0) is 14.8 Å². The van der Waals surface area contributed by atoms with Gasteiger partial charge in [-0.3, -0.25) is 19.3 Å². The first-order valence-corrected chi connectivity index (χ1v) is 12.0. The highest BCUT2D eigenvalue weighted by Crippen LogP contribution is 2.26. The Morgan fingerprint density at radius 2 is 1.66 bits per heavy atom. The van der Waals surface area contributed by atoms with Crippen molar-refractivity contribution in [1.82, 2.24) is 9.21 Å². The molecule has 0 radical (unpaired) electrons. The summed E-state index contributed by atoms with van der Waals surface area (Å²) in [5.41, 5.74) is 0.426. The van der Waals surface area contributed by atoms with Gasteiger partial charge in [-0.05, 0) is 56.2 Å². The second-order valence-corrected chi connectivity index (χ2v) is 9.84. The number of para-hydroxylation sites is 1. The van der Waals surface area contributed by atoms with Crippen LogP contribution >= 0.6 is 0 Å². The molecule has 2 aliphatic heterocycles. The van der Waals surface area contributed by atoms with Gasteiger partial charge in [0, 0.05) is 18.7 Å². The third-order valence-electron chi connectivity index (χ3n) is 5.71. The lowest BCUT2D eigenvalue weighted by molar-refractivity contribution is -0.134. The molecule has 1 fully saturated rings. The van der Waals surface area contributed by atoms with Crippen LogP contribution in [-0.4, -0.2) is 61.0 Å². The van der Waals surface area contributed by atoms with Gasteiger partial charge in [-0.25, -0.2) is 8.42 Å². The maximum Gasteiger partial charge on any atom is 0.270 e. The average Bonchev–Trinajstić information content (AvgIpc) is 2.90. The van der Waals surface area contributed by atoms with E-state index in [9.17, 15) is 22.8 Å². The van der Waals surface area contributed by atoms with Crippen molar-refractivity contribution in [2.45, 2.75) is 37.2 Å². The van der Waals surface area contributed by atoms with Crippen molar-refractivity contribution < 1.29 is 27.5 Å². The average molecular weight is 457 g/mol. The van der Waals surface area contributed by atoms with Crippen LogP contribution in [0.1, 0.15) is 46.9 Å². The van der Waals surface area contributed by atoms with Gasteiger partial charge in [0.25, 0.3) is 11.8 Å². The van der Waals surface area contributed by atoms with E-state index in [0.29, 0.717) is 18.8 Å². The van der Waals surface area contributed by atoms with Crippen molar-refractivity contribution in [3.63, 3.8) is 0 Å². The van der Waals surface area contributed by atoms with Crippen LogP contribution in [0.4, 0.5) is 0 Å². The Labute approximate surface area is 186 Å². The molecule has 9 heteroatoms. The Morgan fingerprint density at radius 1 is 1.00 bits per heavy atom. The van der Waals surface area contributed by atoms with E-state index in [1.54, 1.807) is 24.3 Å². The van der Waals surface area contributed by atoms with Crippen LogP contribution in [0, 0.1) is 0 Å². The van der Waals surface area contributed by atoms with Crippen molar-refractivity contribution in [3.8, 4) is 5.75 Å². The SMILES string of the molecule is C[C@H]1Oc2ccccc2C(=O)N(CC(=O)c2ccc(S(=O)(=O)N3CCCCC3)cc2)C1=O. The summed E-state index contributed by atoms with van der Waals surface area (Å²) < 4.78 is 32.6. The van der Waals surface area contributed by atoms with Gasteiger partial charge in [-0.1, -0.05) is 18.6 Å². The van der Waals surface area contributed by atoms with E-state index >= 15 is 0 Å². The molecule has 1 saturated heterocycles. The number of fused-ring (bicyclic) bond motifs is 1. The Morgan fingerprint density at radius 3 is 2.34 bits per heavy atom. The number of Topliss-reactive ketones (excluding diaryl/α,β-unsaturated/α-hetero) is 1. The van der Waals surface area contributed by atoms with Crippen LogP contribution in [0.3, 0.4) is 0 Å². The van der Waals surface area contributed by atoms with E-state index in [1.165, 1.54) is 35.5 Å². The first kappa shape index (κ1) is 22.2. The molecule has 0 aromatic heterocycles. The fourth-order valence-electron chi connectivity index (χ4n) is 3.90. The van der Waals surface area contributed by atoms with Gasteiger partial charge in [0.05, 0.1) is 17.0 Å². The zero-order valence-electron chi connectivity index (χ0n) is 17.7. The van der Waals surface area contributed by atoms with Crippen LogP contribution in [0.5, 0.6) is 5.75 Å². The molecular weight excluding hydrogens is 432 g/mol. The maximum atomic E-state index is 12.9. The number of benzene rings is 2. The molecule has 2 heterocycles. The van der Waals surface area contributed by atoms with Gasteiger partial charge in [-0.2, -0.15) is 4.31 Å². The van der Waals surface area contributed by atoms with Gasteiger partial charge in [0.1, 0.15) is 5.75 Å². The number of ether oxygens (including phenoxy) is 1. The van der Waals surface area contributed by atoms with E-state index in [-0.39, 0.29) is 16.0 Å². The molecule has 2 amide bonds. The van der Waals surface area contributed by atoms with Crippen molar-refractivity contribution in [3.05, 3.63) is 59.7 Å². The van der Waals surface area contributed by atoms with Gasteiger partial charge in [0.2, 0.25) is 10.0 Å². The molecule has 0 bridgehead atoms. The number of rotatable bonds is 5. The van der Waals surface area contributed by atoms with E-state index < -0.39 is 40.3 Å². The number of carbonyl (C=O) groups is 3. The Hall–Kier alpha value is -3.04. The van der Waals surface area contributed by atoms with Gasteiger partial charge >= 0.3 is 0 Å². The standard InChI is InChI=1S/C23H24N2O6S/c1-16-22(27)25(23(28)19-7-3-4-8-21(19)31-16)15-20(26)17-9-11-18(12-10-17)32(29,30)24-13-5-2-6-14-24/h3-4,7-12,16H,2,5-6,13-15H2,1H3/t16-/m1/s1. The van der Waals surface area contributed by atoms with Gasteiger partial charge in [0.15, 0.2) is 11.9 Å². The van der Waals surface area contributed by atoms with Crippen molar-refractivity contribution in [1.29, 1.82) is 0 Å². The Bertz CT molecular complexity index is 1150. The number of amides is 2. The fourth-order valence-corrected chi connectivity index (χ4v) is 5.42. The molecule has 2 aliphatic rings. The van der Waals surface area contributed by atoms with Crippen LogP contribution in [0.2, 0.25) is 0 Å². The number of carbonyl (C=O) groups excluding carboxylic acids is 3. The zero-order chi connectivity index (χ0) is 22.9. The van der Waals surface area contributed by atoms with Crippen LogP contribution in [0.25, 0.3) is 0 Å². The minimum Gasteiger partial charge on any atom is -0.480 e. The highest BCUT2D eigenvalue weighted by molar-refractivity contribution is 7.89. The van der Waals surface area contributed by atoms with Gasteiger partial charge in [-0.15, -0.1) is 0 Å². The molecule has 168 valence electrons. The molecule has 0 spiro atoms. The number of nitrogens with zero attached hydrogens (tertiary/aromatic N) is 2. The summed E-state index contributed by atoms with van der Waals surface area (Å²) in [6.45, 7) is 2.04. The van der Waals surface area contributed by atoms with E-state index in [1.807, 2.05) is 0 Å². The smallest absolute Gasteiger partial charge is 0.270 e. The number of imide groups is 1. The maximum absolute atomic E-state index is 12.9. The van der Waals surface area contributed by atoms with Crippen molar-refractivity contribution >= 4 is 27.6 Å². The second-order valence-electron chi connectivity index (χ2n) is 7.90. The minimum absolute atomic E-state index is 0.119. The highest BCUT2D eigenvalue weighted by Gasteiger charge is 2.35. The van der Waals surface area contributed by atoms with Gasteiger partial charge < -0.3 is 4.74 Å². The van der Waals surface area contributed by atoms with Crippen molar-refractivity contribution in [2.75, 3.05) is 19.6 Å². The highest BCUT2D eigenvalue weighted by atomic mass is 32.2. The largest absolute Gasteiger partial charge is 0.480 e. The summed E-state index contributed by atoms with van der Waals surface area (Å²) in [6.07, 6.45) is 1.76. The lowest BCUT2D eigenvalue weighted by atomic mass is 10.1. The number of hydrogen-bond acceptors (Lipinski definition) is 6. The summed E-state index contributed by atoms with van der Waals surface area (Å²) in [4.78, 5) is 39.5. The summed E-state index contributed by atoms with van der Waals surface area (Å²) in [7, 11) is -3.61. The van der Waals surface area contributed by atoms with Crippen molar-refractivity contribution in [2.24, 2.45) is 0 Å². The predicted octanol–water partition coefficient (Wildman–Crippen LogP) is 2.49. The molecule has 4 rings (SSSR count). The molecule has 2 aromatic rings. The molecular formula is C23H24N2O6S. The van der Waals surface area contributed by atoms with Crippen LogP contribution in [0.15, 0.2) is 53.4 Å². The summed E-state index contributed by atoms with van der Waals surface area (Å²) in [5.74, 6) is -1.39. The molecule has 0 N–H and O–H groups in total. The number of sulfonamides is 1. The third kappa shape index (κ3) is 4.18. The topological polar surface area (TPSA) is 101 Å². The van der Waals surface area contributed by atoms with E-state index in [0.717, 1.165) is 24.2 Å². The monoisotopic (exact) mass is 456 g/mol. The number of hydrogen-bond donors (Lipinski definition) is 0. The Kier molecular flexibility index (Phi) is 6.12. The molecule has 8 nitrogen and oxygen atoms in total. The second kappa shape index (κ2) is 8.84. The molecule has 0 saturated carbocycles. The minimum atomic E-state index is -3.61. The molecule has 32 heavy (non-hydrogen) atoms. The number of piperidine rings is 1. The summed E-state index contributed by atoms with van der Waals surface area (Å²) in [6, 6.07) is 12.1. The predicted molar refractivity (Wildman–Crippen MR) is 116 cm³/mol. The number of ketones is 1. The lowest BCUT2D eigenvalue weighted by Crippen LogP contribution is -2.44. The summed E-state index contributed by atoms with van der Waals surface area (Å²) >= 11 is 0. The Balaban J connectivity index is 1.53. The first-order chi connectivity index (χ1) is 15.3. The molecule has 0 unspecified atom stereocenters. The normalized spacial score (nSPS) is 19.8. The fraction of sp³-hybridized carbons (Fsp3) is 0.348. The van der Waals surface area contributed by atoms with E-state index in [2.05, 4.69) is 0 Å². The molecule has 1 atom stereocenters. The van der Waals surface area contributed by atoms with Crippen LogP contribution < -0.4 is 4.74 Å². The first-order valence-electron chi connectivity index (χ1n) is 10.5. The van der Waals surface area contributed by atoms with E-state index in [4.69, 9.17) is 4.74 Å². The lowest BCUT2D eigenvalue weighted by Gasteiger charge is -2.25. The molecule has 0 aliphatic carbocycles. The third-order valence-corrected chi connectivity index (χ3v) is 7.62. The zero-order valence-corrected chi connectivity index (χ0v) is 18.5. The summed E-state index contributed by atoms with van der Waals surface area (Å²) in [5, 5.41) is 0. The quantitative estimate of drug-likeness (QED) is 0.506. The molecule has 2 aromatic carbocycles.